The van der Waals surface area contributed by atoms with Crippen LogP contribution in [0.4, 0.5) is 0 Å². The second-order valence-corrected chi connectivity index (χ2v) is 10.1. The molecular weight excluding hydrogens is 364 g/mol. The van der Waals surface area contributed by atoms with Gasteiger partial charge < -0.3 is 15.0 Å². The summed E-state index contributed by atoms with van der Waals surface area (Å²) < 4.78 is 5.76. The van der Waals surface area contributed by atoms with E-state index in [1.165, 1.54) is 5.56 Å². The van der Waals surface area contributed by atoms with E-state index in [9.17, 15) is 9.59 Å². The monoisotopic (exact) mass is 402 g/mol. The molecule has 5 heteroatoms. The van der Waals surface area contributed by atoms with E-state index in [-0.39, 0.29) is 28.7 Å². The molecule has 0 bridgehead atoms. The number of amides is 2. The Balaban J connectivity index is 1.64. The lowest BCUT2D eigenvalue weighted by atomic mass is 9.87. The predicted octanol–water partition coefficient (Wildman–Crippen LogP) is 4.30. The largest absolute Gasteiger partial charge is 0.494 e. The van der Waals surface area contributed by atoms with Crippen molar-refractivity contribution in [3.05, 3.63) is 29.8 Å². The summed E-state index contributed by atoms with van der Waals surface area (Å²) in [5.41, 5.74) is 1.06. The first kappa shape index (κ1) is 23.2. The topological polar surface area (TPSA) is 58.6 Å². The van der Waals surface area contributed by atoms with Crippen LogP contribution in [0.1, 0.15) is 72.8 Å². The van der Waals surface area contributed by atoms with Gasteiger partial charge in [0, 0.05) is 31.0 Å². The zero-order chi connectivity index (χ0) is 21.7. The summed E-state index contributed by atoms with van der Waals surface area (Å²) in [6.45, 7) is 14.4. The number of likely N-dealkylation sites (tertiary alicyclic amines) is 1. The van der Waals surface area contributed by atoms with E-state index in [0.29, 0.717) is 32.5 Å². The number of hydrogen-bond donors (Lipinski definition) is 1. The quantitative estimate of drug-likeness (QED) is 0.722. The molecule has 162 valence electrons. The van der Waals surface area contributed by atoms with Crippen LogP contribution in [0.25, 0.3) is 0 Å². The summed E-state index contributed by atoms with van der Waals surface area (Å²) >= 11 is 0. The number of nitrogens with one attached hydrogen (secondary N) is 1. The molecular formula is C24H38N2O3. The van der Waals surface area contributed by atoms with Crippen LogP contribution >= 0.6 is 0 Å². The Morgan fingerprint density at radius 1 is 1.03 bits per heavy atom. The highest BCUT2D eigenvalue weighted by Crippen LogP contribution is 2.24. The van der Waals surface area contributed by atoms with Crippen molar-refractivity contribution >= 4 is 11.8 Å². The van der Waals surface area contributed by atoms with Crippen LogP contribution < -0.4 is 10.1 Å². The summed E-state index contributed by atoms with van der Waals surface area (Å²) in [5, 5.41) is 3.11. The molecule has 0 atom stereocenters. The molecule has 0 unspecified atom stereocenters. The first-order valence-corrected chi connectivity index (χ1v) is 10.8. The minimum atomic E-state index is -0.344. The molecule has 1 saturated heterocycles. The van der Waals surface area contributed by atoms with Gasteiger partial charge in [-0.2, -0.15) is 0 Å². The van der Waals surface area contributed by atoms with Gasteiger partial charge in [0.05, 0.1) is 6.61 Å². The Kier molecular flexibility index (Phi) is 7.73. The van der Waals surface area contributed by atoms with Crippen LogP contribution in [0.5, 0.6) is 5.75 Å². The summed E-state index contributed by atoms with van der Waals surface area (Å²) in [6.07, 6.45) is 2.80. The zero-order valence-corrected chi connectivity index (χ0v) is 19.0. The molecule has 1 aliphatic rings. The normalized spacial score (nSPS) is 15.9. The molecule has 1 aliphatic heterocycles. The molecule has 1 aromatic rings. The molecule has 29 heavy (non-hydrogen) atoms. The molecule has 2 rings (SSSR count). The smallest absolute Gasteiger partial charge is 0.227 e. The van der Waals surface area contributed by atoms with E-state index in [1.807, 2.05) is 37.8 Å². The lowest BCUT2D eigenvalue weighted by Gasteiger charge is -2.36. The first-order chi connectivity index (χ1) is 13.5. The van der Waals surface area contributed by atoms with E-state index in [4.69, 9.17) is 4.74 Å². The summed E-state index contributed by atoms with van der Waals surface area (Å²) in [7, 11) is 0. The van der Waals surface area contributed by atoms with Crippen LogP contribution in [0.3, 0.4) is 0 Å². The Hall–Kier alpha value is -2.04. The second-order valence-electron chi connectivity index (χ2n) is 10.1. The van der Waals surface area contributed by atoms with Gasteiger partial charge in [-0.05, 0) is 42.4 Å². The van der Waals surface area contributed by atoms with Crippen molar-refractivity contribution in [3.8, 4) is 5.75 Å². The molecule has 0 saturated carbocycles. The predicted molar refractivity (Wildman–Crippen MR) is 117 cm³/mol. The highest BCUT2D eigenvalue weighted by Gasteiger charge is 2.30. The Morgan fingerprint density at radius 3 is 2.14 bits per heavy atom. The standard InChI is InChI=1S/C24H38N2O3/c1-23(2,3)18-9-11-20(12-10-18)29-17-7-8-21(27)25-19-13-15-26(16-14-19)22(28)24(4,5)6/h9-12,19H,7-8,13-17H2,1-6H3,(H,25,27). The average Bonchev–Trinajstić information content (AvgIpc) is 2.64. The molecule has 0 spiro atoms. The fourth-order valence-corrected chi connectivity index (χ4v) is 3.48. The van der Waals surface area contributed by atoms with Gasteiger partial charge in [-0.1, -0.05) is 53.7 Å². The zero-order valence-electron chi connectivity index (χ0n) is 19.0. The minimum absolute atomic E-state index is 0.0669. The number of hydrogen-bond acceptors (Lipinski definition) is 3. The van der Waals surface area contributed by atoms with E-state index < -0.39 is 0 Å². The van der Waals surface area contributed by atoms with Crippen molar-refractivity contribution in [1.29, 1.82) is 0 Å². The Labute approximate surface area is 176 Å². The second kappa shape index (κ2) is 9.64. The van der Waals surface area contributed by atoms with Crippen molar-refractivity contribution in [2.24, 2.45) is 5.41 Å². The molecule has 1 aromatic carbocycles. The van der Waals surface area contributed by atoms with E-state index in [0.717, 1.165) is 18.6 Å². The molecule has 5 nitrogen and oxygen atoms in total. The van der Waals surface area contributed by atoms with Gasteiger partial charge in [0.15, 0.2) is 0 Å². The third-order valence-corrected chi connectivity index (χ3v) is 5.33. The Bertz CT molecular complexity index is 676. The number of piperidine rings is 1. The van der Waals surface area contributed by atoms with Crippen LogP contribution in [-0.4, -0.2) is 42.5 Å². The van der Waals surface area contributed by atoms with Crippen LogP contribution in [0, 0.1) is 5.41 Å². The summed E-state index contributed by atoms with van der Waals surface area (Å²) in [6, 6.07) is 8.34. The number of rotatable bonds is 6. The van der Waals surface area contributed by atoms with Crippen molar-refractivity contribution in [1.82, 2.24) is 10.2 Å². The van der Waals surface area contributed by atoms with Crippen molar-refractivity contribution < 1.29 is 14.3 Å². The molecule has 1 heterocycles. The third kappa shape index (κ3) is 7.37. The SMILES string of the molecule is CC(C)(C)C(=O)N1CCC(NC(=O)CCCOc2ccc(C(C)(C)C)cc2)CC1. The van der Waals surface area contributed by atoms with Gasteiger partial charge in [0.25, 0.3) is 0 Å². The number of carbonyl (C=O) groups excluding carboxylic acids is 2. The van der Waals surface area contributed by atoms with E-state index in [1.54, 1.807) is 0 Å². The summed E-state index contributed by atoms with van der Waals surface area (Å²) in [4.78, 5) is 26.5. The molecule has 1 fully saturated rings. The lowest BCUT2D eigenvalue weighted by molar-refractivity contribution is -0.140. The maximum absolute atomic E-state index is 12.3. The molecule has 0 radical (unpaired) electrons. The molecule has 1 N–H and O–H groups in total. The Morgan fingerprint density at radius 2 is 1.62 bits per heavy atom. The number of carbonyl (C=O) groups is 2. The van der Waals surface area contributed by atoms with E-state index in [2.05, 4.69) is 38.2 Å². The van der Waals surface area contributed by atoms with Crippen LogP contribution in [0.2, 0.25) is 0 Å². The minimum Gasteiger partial charge on any atom is -0.494 e. The highest BCUT2D eigenvalue weighted by atomic mass is 16.5. The first-order valence-electron chi connectivity index (χ1n) is 10.8. The number of benzene rings is 1. The lowest BCUT2D eigenvalue weighted by Crippen LogP contribution is -2.49. The molecule has 0 aromatic heterocycles. The van der Waals surface area contributed by atoms with Crippen molar-refractivity contribution in [2.45, 2.75) is 78.7 Å². The molecule has 2 amide bonds. The van der Waals surface area contributed by atoms with Gasteiger partial charge >= 0.3 is 0 Å². The van der Waals surface area contributed by atoms with Gasteiger partial charge in [0.2, 0.25) is 11.8 Å². The van der Waals surface area contributed by atoms with Crippen molar-refractivity contribution in [2.75, 3.05) is 19.7 Å². The highest BCUT2D eigenvalue weighted by molar-refractivity contribution is 5.81. The van der Waals surface area contributed by atoms with Gasteiger partial charge in [-0.3, -0.25) is 9.59 Å². The fourth-order valence-electron chi connectivity index (χ4n) is 3.48. The van der Waals surface area contributed by atoms with Gasteiger partial charge in [-0.15, -0.1) is 0 Å². The van der Waals surface area contributed by atoms with Gasteiger partial charge in [0.1, 0.15) is 5.75 Å². The van der Waals surface area contributed by atoms with Crippen LogP contribution in [-0.2, 0) is 15.0 Å². The maximum Gasteiger partial charge on any atom is 0.227 e. The van der Waals surface area contributed by atoms with Crippen LogP contribution in [0.15, 0.2) is 24.3 Å². The molecule has 0 aliphatic carbocycles. The van der Waals surface area contributed by atoms with Crippen molar-refractivity contribution in [3.63, 3.8) is 0 Å². The van der Waals surface area contributed by atoms with E-state index >= 15 is 0 Å². The number of nitrogens with zero attached hydrogens (tertiary/aromatic N) is 1. The van der Waals surface area contributed by atoms with Gasteiger partial charge in [-0.25, -0.2) is 0 Å². The number of ether oxygens (including phenoxy) is 1. The fraction of sp³-hybridized carbons (Fsp3) is 0.667. The maximum atomic E-state index is 12.3. The summed E-state index contributed by atoms with van der Waals surface area (Å²) in [5.74, 6) is 1.10. The average molecular weight is 403 g/mol. The third-order valence-electron chi connectivity index (χ3n) is 5.33.